The molecule has 0 unspecified atom stereocenters. The average Bonchev–Trinajstić information content (AvgIpc) is 3.18. The number of amides is 1. The summed E-state index contributed by atoms with van der Waals surface area (Å²) in [5, 5.41) is 11.1. The first-order valence-electron chi connectivity index (χ1n) is 8.69. The lowest BCUT2D eigenvalue weighted by Gasteiger charge is -2.17. The lowest BCUT2D eigenvalue weighted by atomic mass is 10.1. The van der Waals surface area contributed by atoms with E-state index in [4.69, 9.17) is 19.0 Å². The summed E-state index contributed by atoms with van der Waals surface area (Å²) in [6, 6.07) is 11.6. The van der Waals surface area contributed by atoms with Crippen LogP contribution in [0, 0.1) is 0 Å². The number of hydrogen-bond donors (Lipinski definition) is 1. The maximum atomic E-state index is 12.3. The molecule has 0 aliphatic rings. The van der Waals surface area contributed by atoms with Crippen LogP contribution in [-0.2, 0) is 6.61 Å². The average molecular weight is 370 g/mol. The summed E-state index contributed by atoms with van der Waals surface area (Å²) in [5.74, 6) is 1.47. The Labute approximate surface area is 157 Å². The van der Waals surface area contributed by atoms with Crippen LogP contribution in [0.3, 0.4) is 0 Å². The molecule has 3 rings (SSSR count). The zero-order chi connectivity index (χ0) is 19.2. The highest BCUT2D eigenvalue weighted by Crippen LogP contribution is 2.25. The van der Waals surface area contributed by atoms with Crippen LogP contribution < -0.4 is 9.47 Å². The lowest BCUT2D eigenvalue weighted by molar-refractivity contribution is 0.0726. The van der Waals surface area contributed by atoms with Crippen molar-refractivity contribution >= 4 is 16.7 Å². The standard InChI is InChI=1S/C20H22N2O5/c1-3-22(8-9-23)20(24)18-12-27-19(21-18)13-26-17-7-5-14-4-6-16(25-2)10-15(14)11-17/h4-7,10-12,23H,3,8-9,13H2,1-2H3. The smallest absolute Gasteiger partial charge is 0.275 e. The Kier molecular flexibility index (Phi) is 5.93. The van der Waals surface area contributed by atoms with Crippen molar-refractivity contribution in [2.75, 3.05) is 26.8 Å². The van der Waals surface area contributed by atoms with E-state index in [2.05, 4.69) is 4.98 Å². The van der Waals surface area contributed by atoms with E-state index in [1.54, 1.807) is 7.11 Å². The van der Waals surface area contributed by atoms with Gasteiger partial charge in [-0.05, 0) is 42.0 Å². The van der Waals surface area contributed by atoms with Crippen LogP contribution in [0.5, 0.6) is 11.5 Å². The quantitative estimate of drug-likeness (QED) is 0.656. The first-order valence-corrected chi connectivity index (χ1v) is 8.69. The van der Waals surface area contributed by atoms with E-state index in [1.807, 2.05) is 43.3 Å². The van der Waals surface area contributed by atoms with Crippen molar-refractivity contribution in [3.8, 4) is 11.5 Å². The van der Waals surface area contributed by atoms with Gasteiger partial charge in [-0.1, -0.05) is 12.1 Å². The highest BCUT2D eigenvalue weighted by atomic mass is 16.5. The Morgan fingerprint density at radius 1 is 1.19 bits per heavy atom. The van der Waals surface area contributed by atoms with Crippen LogP contribution in [-0.4, -0.2) is 47.7 Å². The molecule has 0 saturated heterocycles. The van der Waals surface area contributed by atoms with Crippen LogP contribution in [0.4, 0.5) is 0 Å². The Morgan fingerprint density at radius 3 is 2.63 bits per heavy atom. The topological polar surface area (TPSA) is 85.0 Å². The van der Waals surface area contributed by atoms with Gasteiger partial charge < -0.3 is 23.9 Å². The van der Waals surface area contributed by atoms with Crippen LogP contribution in [0.2, 0.25) is 0 Å². The second-order valence-corrected chi connectivity index (χ2v) is 5.90. The summed E-state index contributed by atoms with van der Waals surface area (Å²) in [6.45, 7) is 2.59. The van der Waals surface area contributed by atoms with Gasteiger partial charge in [0.1, 0.15) is 17.8 Å². The predicted octanol–water partition coefficient (Wildman–Crippen LogP) is 2.87. The number of aromatic nitrogens is 1. The Bertz CT molecular complexity index is 922. The molecule has 0 bridgehead atoms. The number of nitrogens with zero attached hydrogens (tertiary/aromatic N) is 2. The van der Waals surface area contributed by atoms with Crippen molar-refractivity contribution in [1.82, 2.24) is 9.88 Å². The van der Waals surface area contributed by atoms with Gasteiger partial charge in [-0.3, -0.25) is 4.79 Å². The summed E-state index contributed by atoms with van der Waals surface area (Å²) < 4.78 is 16.3. The fourth-order valence-electron chi connectivity index (χ4n) is 2.73. The SMILES string of the molecule is CCN(CCO)C(=O)c1coc(COc2ccc3ccc(OC)cc3c2)n1. The Hall–Kier alpha value is -3.06. The summed E-state index contributed by atoms with van der Waals surface area (Å²) >= 11 is 0. The molecule has 0 aliphatic heterocycles. The number of carbonyl (C=O) groups excluding carboxylic acids is 1. The number of aliphatic hydroxyl groups is 1. The third kappa shape index (κ3) is 4.38. The maximum Gasteiger partial charge on any atom is 0.275 e. The molecular weight excluding hydrogens is 348 g/mol. The van der Waals surface area contributed by atoms with Crippen molar-refractivity contribution in [2.45, 2.75) is 13.5 Å². The molecule has 1 heterocycles. The van der Waals surface area contributed by atoms with Gasteiger partial charge in [0, 0.05) is 13.1 Å². The molecule has 1 amide bonds. The molecule has 0 saturated carbocycles. The molecule has 1 aromatic heterocycles. The van der Waals surface area contributed by atoms with Crippen molar-refractivity contribution < 1.29 is 23.8 Å². The molecule has 27 heavy (non-hydrogen) atoms. The minimum Gasteiger partial charge on any atom is -0.497 e. The minimum absolute atomic E-state index is 0.0971. The summed E-state index contributed by atoms with van der Waals surface area (Å²) in [4.78, 5) is 18.0. The maximum absolute atomic E-state index is 12.3. The van der Waals surface area contributed by atoms with E-state index in [0.717, 1.165) is 16.5 Å². The second kappa shape index (κ2) is 8.55. The zero-order valence-electron chi connectivity index (χ0n) is 15.3. The van der Waals surface area contributed by atoms with Gasteiger partial charge in [-0.2, -0.15) is 0 Å². The van der Waals surface area contributed by atoms with Crippen LogP contribution in [0.15, 0.2) is 47.1 Å². The monoisotopic (exact) mass is 370 g/mol. The molecule has 7 heteroatoms. The number of fused-ring (bicyclic) bond motifs is 1. The first-order chi connectivity index (χ1) is 13.1. The number of aliphatic hydroxyl groups excluding tert-OH is 1. The van der Waals surface area contributed by atoms with Gasteiger partial charge >= 0.3 is 0 Å². The van der Waals surface area contributed by atoms with E-state index in [-0.39, 0.29) is 31.4 Å². The van der Waals surface area contributed by atoms with Crippen molar-refractivity contribution in [1.29, 1.82) is 0 Å². The fraction of sp³-hybridized carbons (Fsp3) is 0.300. The molecule has 142 valence electrons. The second-order valence-electron chi connectivity index (χ2n) is 5.90. The predicted molar refractivity (Wildman–Crippen MR) is 100.0 cm³/mol. The molecule has 0 fully saturated rings. The molecule has 0 spiro atoms. The van der Waals surface area contributed by atoms with Gasteiger partial charge in [-0.15, -0.1) is 0 Å². The molecule has 7 nitrogen and oxygen atoms in total. The normalized spacial score (nSPS) is 10.8. The van der Waals surface area contributed by atoms with Crippen LogP contribution in [0.25, 0.3) is 10.8 Å². The Balaban J connectivity index is 1.67. The number of carbonyl (C=O) groups is 1. The van der Waals surface area contributed by atoms with Gasteiger partial charge in [0.25, 0.3) is 5.91 Å². The number of oxazole rings is 1. The highest BCUT2D eigenvalue weighted by Gasteiger charge is 2.18. The van der Waals surface area contributed by atoms with Crippen LogP contribution in [0.1, 0.15) is 23.3 Å². The molecule has 2 aromatic carbocycles. The number of hydrogen-bond acceptors (Lipinski definition) is 6. The number of likely N-dealkylation sites (N-methyl/N-ethyl adjacent to an activating group) is 1. The number of benzene rings is 2. The van der Waals surface area contributed by atoms with Gasteiger partial charge in [0.15, 0.2) is 12.3 Å². The molecule has 0 radical (unpaired) electrons. The van der Waals surface area contributed by atoms with Crippen molar-refractivity contribution in [3.05, 3.63) is 54.2 Å². The van der Waals surface area contributed by atoms with E-state index < -0.39 is 0 Å². The lowest BCUT2D eigenvalue weighted by Crippen LogP contribution is -2.33. The number of rotatable bonds is 8. The number of ether oxygens (including phenoxy) is 2. The van der Waals surface area contributed by atoms with Gasteiger partial charge in [0.2, 0.25) is 5.89 Å². The zero-order valence-corrected chi connectivity index (χ0v) is 15.3. The largest absolute Gasteiger partial charge is 0.497 e. The van der Waals surface area contributed by atoms with E-state index in [1.165, 1.54) is 11.2 Å². The molecule has 3 aromatic rings. The third-order valence-electron chi connectivity index (χ3n) is 4.19. The minimum atomic E-state index is -0.278. The Morgan fingerprint density at radius 2 is 1.93 bits per heavy atom. The summed E-state index contributed by atoms with van der Waals surface area (Å²) in [6.07, 6.45) is 1.31. The van der Waals surface area contributed by atoms with Crippen molar-refractivity contribution in [2.24, 2.45) is 0 Å². The van der Waals surface area contributed by atoms with E-state index >= 15 is 0 Å². The van der Waals surface area contributed by atoms with Gasteiger partial charge in [-0.25, -0.2) is 4.98 Å². The van der Waals surface area contributed by atoms with E-state index in [0.29, 0.717) is 18.2 Å². The first kappa shape index (κ1) is 18.7. The fourth-order valence-corrected chi connectivity index (χ4v) is 2.73. The van der Waals surface area contributed by atoms with Crippen molar-refractivity contribution in [3.63, 3.8) is 0 Å². The summed E-state index contributed by atoms with van der Waals surface area (Å²) in [7, 11) is 1.63. The van der Waals surface area contributed by atoms with Gasteiger partial charge in [0.05, 0.1) is 13.7 Å². The summed E-state index contributed by atoms with van der Waals surface area (Å²) in [5.41, 5.74) is 0.201. The van der Waals surface area contributed by atoms with Crippen LogP contribution >= 0.6 is 0 Å². The third-order valence-corrected chi connectivity index (χ3v) is 4.19. The van der Waals surface area contributed by atoms with E-state index in [9.17, 15) is 4.79 Å². The molecular formula is C20H22N2O5. The molecule has 1 N–H and O–H groups in total. The highest BCUT2D eigenvalue weighted by molar-refractivity contribution is 5.92. The molecule has 0 aliphatic carbocycles. The number of methoxy groups -OCH3 is 1. The molecule has 0 atom stereocenters.